The summed E-state index contributed by atoms with van der Waals surface area (Å²) in [5.41, 5.74) is 13.3. The van der Waals surface area contributed by atoms with Crippen LogP contribution in [0.1, 0.15) is 28.8 Å². The normalized spacial score (nSPS) is 14.2. The molecule has 20 heavy (non-hydrogen) atoms. The standard InChI is InChI=1S/C17H21N3/c1-12-5-6-16-14(8-12)4-3-7-20(16)17-9-13(2)19-11-15(17)10-18/h5-6,8-9,11H,3-4,7,10,18H2,1-2H3. The monoisotopic (exact) mass is 267 g/mol. The first kappa shape index (κ1) is 13.1. The molecule has 0 aliphatic carbocycles. The molecule has 2 heterocycles. The Kier molecular flexibility index (Phi) is 3.45. The average Bonchev–Trinajstić information content (AvgIpc) is 2.46. The van der Waals surface area contributed by atoms with Gasteiger partial charge in [-0.3, -0.25) is 4.98 Å². The van der Waals surface area contributed by atoms with Crippen LogP contribution < -0.4 is 10.6 Å². The molecule has 3 rings (SSSR count). The van der Waals surface area contributed by atoms with Crippen LogP contribution in [-0.4, -0.2) is 11.5 Å². The molecule has 0 fully saturated rings. The zero-order valence-electron chi connectivity index (χ0n) is 12.2. The fourth-order valence-electron chi connectivity index (χ4n) is 2.96. The highest BCUT2D eigenvalue weighted by molar-refractivity contribution is 5.70. The summed E-state index contributed by atoms with van der Waals surface area (Å²) in [5, 5.41) is 0. The lowest BCUT2D eigenvalue weighted by molar-refractivity contribution is 0.761. The lowest BCUT2D eigenvalue weighted by Gasteiger charge is -2.33. The molecule has 2 N–H and O–H groups in total. The van der Waals surface area contributed by atoms with Gasteiger partial charge in [-0.25, -0.2) is 0 Å². The van der Waals surface area contributed by atoms with Crippen molar-refractivity contribution in [2.45, 2.75) is 33.2 Å². The zero-order chi connectivity index (χ0) is 14.1. The summed E-state index contributed by atoms with van der Waals surface area (Å²) in [6.07, 6.45) is 4.25. The molecule has 0 saturated heterocycles. The van der Waals surface area contributed by atoms with Gasteiger partial charge in [0.15, 0.2) is 0 Å². The Morgan fingerprint density at radius 2 is 2.05 bits per heavy atom. The highest BCUT2D eigenvalue weighted by atomic mass is 15.1. The van der Waals surface area contributed by atoms with Gasteiger partial charge in [-0.2, -0.15) is 0 Å². The van der Waals surface area contributed by atoms with Crippen LogP contribution in [0.25, 0.3) is 0 Å². The number of nitrogens with two attached hydrogens (primary N) is 1. The first-order valence-corrected chi connectivity index (χ1v) is 7.21. The van der Waals surface area contributed by atoms with Crippen molar-refractivity contribution in [2.24, 2.45) is 5.73 Å². The minimum Gasteiger partial charge on any atom is -0.341 e. The van der Waals surface area contributed by atoms with Crippen LogP contribution in [0.5, 0.6) is 0 Å². The van der Waals surface area contributed by atoms with Crippen LogP contribution in [0.15, 0.2) is 30.5 Å². The largest absolute Gasteiger partial charge is 0.341 e. The second kappa shape index (κ2) is 5.25. The molecule has 0 radical (unpaired) electrons. The van der Waals surface area contributed by atoms with Crippen molar-refractivity contribution in [3.8, 4) is 0 Å². The first-order chi connectivity index (χ1) is 9.69. The number of rotatable bonds is 2. The molecule has 1 aliphatic rings. The summed E-state index contributed by atoms with van der Waals surface area (Å²) in [6, 6.07) is 8.88. The molecule has 0 spiro atoms. The predicted octanol–water partition coefficient (Wildman–Crippen LogP) is 3.24. The van der Waals surface area contributed by atoms with E-state index in [4.69, 9.17) is 5.73 Å². The van der Waals surface area contributed by atoms with E-state index in [2.05, 4.69) is 41.1 Å². The summed E-state index contributed by atoms with van der Waals surface area (Å²) >= 11 is 0. The van der Waals surface area contributed by atoms with Gasteiger partial charge < -0.3 is 10.6 Å². The molecule has 3 nitrogen and oxygen atoms in total. The highest BCUT2D eigenvalue weighted by Gasteiger charge is 2.20. The number of hydrogen-bond donors (Lipinski definition) is 1. The Morgan fingerprint density at radius 3 is 2.85 bits per heavy atom. The molecular formula is C17H21N3. The van der Waals surface area contributed by atoms with Gasteiger partial charge in [0.2, 0.25) is 0 Å². The van der Waals surface area contributed by atoms with Crippen LogP contribution in [-0.2, 0) is 13.0 Å². The summed E-state index contributed by atoms with van der Waals surface area (Å²) in [7, 11) is 0. The quantitative estimate of drug-likeness (QED) is 0.908. The molecule has 1 aromatic heterocycles. The highest BCUT2D eigenvalue weighted by Crippen LogP contribution is 2.35. The summed E-state index contributed by atoms with van der Waals surface area (Å²) < 4.78 is 0. The van der Waals surface area contributed by atoms with E-state index in [0.717, 1.165) is 24.2 Å². The number of benzene rings is 1. The maximum atomic E-state index is 5.88. The fourth-order valence-corrected chi connectivity index (χ4v) is 2.96. The average molecular weight is 267 g/mol. The van der Waals surface area contributed by atoms with Gasteiger partial charge in [0.05, 0.1) is 0 Å². The minimum atomic E-state index is 0.528. The molecule has 0 bridgehead atoms. The van der Waals surface area contributed by atoms with Gasteiger partial charge in [-0.15, -0.1) is 0 Å². The second-order valence-corrected chi connectivity index (χ2v) is 5.55. The van der Waals surface area contributed by atoms with Crippen LogP contribution >= 0.6 is 0 Å². The fraction of sp³-hybridized carbons (Fsp3) is 0.353. The third-order valence-electron chi connectivity index (χ3n) is 3.96. The number of fused-ring (bicyclic) bond motifs is 1. The number of aromatic nitrogens is 1. The molecule has 1 aromatic carbocycles. The van der Waals surface area contributed by atoms with Gasteiger partial charge in [0.1, 0.15) is 0 Å². The molecule has 0 unspecified atom stereocenters. The van der Waals surface area contributed by atoms with Crippen molar-refractivity contribution in [1.82, 2.24) is 4.98 Å². The third-order valence-corrected chi connectivity index (χ3v) is 3.96. The van der Waals surface area contributed by atoms with E-state index in [9.17, 15) is 0 Å². The van der Waals surface area contributed by atoms with E-state index < -0.39 is 0 Å². The minimum absolute atomic E-state index is 0.528. The summed E-state index contributed by atoms with van der Waals surface area (Å²) in [4.78, 5) is 6.77. The maximum absolute atomic E-state index is 5.88. The number of pyridine rings is 1. The van der Waals surface area contributed by atoms with Gasteiger partial charge in [0, 0.05) is 41.9 Å². The van der Waals surface area contributed by atoms with Crippen LogP contribution in [0, 0.1) is 13.8 Å². The molecule has 2 aromatic rings. The van der Waals surface area contributed by atoms with Crippen LogP contribution in [0.4, 0.5) is 11.4 Å². The molecule has 1 aliphatic heterocycles. The Labute approximate surface area is 120 Å². The topological polar surface area (TPSA) is 42.2 Å². The van der Waals surface area contributed by atoms with Gasteiger partial charge >= 0.3 is 0 Å². The Hall–Kier alpha value is -1.87. The van der Waals surface area contributed by atoms with Crippen LogP contribution in [0.2, 0.25) is 0 Å². The number of nitrogens with zero attached hydrogens (tertiary/aromatic N) is 2. The van der Waals surface area contributed by atoms with Crippen molar-refractivity contribution in [3.63, 3.8) is 0 Å². The molecule has 0 atom stereocenters. The molecule has 104 valence electrons. The van der Waals surface area contributed by atoms with E-state index in [1.807, 2.05) is 13.1 Å². The number of aryl methyl sites for hydroxylation is 3. The SMILES string of the molecule is Cc1ccc2c(c1)CCCN2c1cc(C)ncc1CN. The Bertz CT molecular complexity index is 634. The van der Waals surface area contributed by atoms with E-state index in [1.165, 1.54) is 28.9 Å². The Morgan fingerprint density at radius 1 is 1.20 bits per heavy atom. The van der Waals surface area contributed by atoms with Gasteiger partial charge in [-0.1, -0.05) is 17.7 Å². The van der Waals surface area contributed by atoms with Gasteiger partial charge in [0.25, 0.3) is 0 Å². The van der Waals surface area contributed by atoms with Crippen LogP contribution in [0.3, 0.4) is 0 Å². The third kappa shape index (κ3) is 2.29. The van der Waals surface area contributed by atoms with Crippen molar-refractivity contribution in [2.75, 3.05) is 11.4 Å². The van der Waals surface area contributed by atoms with Crippen molar-refractivity contribution >= 4 is 11.4 Å². The smallest absolute Gasteiger partial charge is 0.0490 e. The Balaban J connectivity index is 2.11. The molecular weight excluding hydrogens is 246 g/mol. The van der Waals surface area contributed by atoms with Crippen molar-refractivity contribution in [3.05, 3.63) is 52.8 Å². The first-order valence-electron chi connectivity index (χ1n) is 7.21. The van der Waals surface area contributed by atoms with E-state index in [-0.39, 0.29) is 0 Å². The molecule has 3 heteroatoms. The molecule has 0 saturated carbocycles. The predicted molar refractivity (Wildman–Crippen MR) is 83.4 cm³/mol. The lowest BCUT2D eigenvalue weighted by atomic mass is 9.98. The van der Waals surface area contributed by atoms with E-state index in [1.54, 1.807) is 0 Å². The summed E-state index contributed by atoms with van der Waals surface area (Å²) in [5.74, 6) is 0. The van der Waals surface area contributed by atoms with Gasteiger partial charge in [-0.05, 0) is 44.4 Å². The number of hydrogen-bond acceptors (Lipinski definition) is 3. The lowest BCUT2D eigenvalue weighted by Crippen LogP contribution is -2.26. The number of anilines is 2. The summed E-state index contributed by atoms with van der Waals surface area (Å²) in [6.45, 7) is 5.76. The maximum Gasteiger partial charge on any atom is 0.0490 e. The van der Waals surface area contributed by atoms with Crippen molar-refractivity contribution in [1.29, 1.82) is 0 Å². The zero-order valence-corrected chi connectivity index (χ0v) is 12.2. The molecule has 0 amide bonds. The van der Waals surface area contributed by atoms with E-state index >= 15 is 0 Å². The second-order valence-electron chi connectivity index (χ2n) is 5.55. The van der Waals surface area contributed by atoms with Crippen molar-refractivity contribution < 1.29 is 0 Å². The van der Waals surface area contributed by atoms with E-state index in [0.29, 0.717) is 6.54 Å².